The average Bonchev–Trinajstić information content (AvgIpc) is 3.42. The molecular formula is C23H30BN3O8S3. The molecule has 15 heteroatoms. The predicted molar refractivity (Wildman–Crippen MR) is 145 cm³/mol. The summed E-state index contributed by atoms with van der Waals surface area (Å²) in [6.07, 6.45) is -0.211. The second-order valence-electron chi connectivity index (χ2n) is 10.2. The van der Waals surface area contributed by atoms with Crippen molar-refractivity contribution in [3.8, 4) is 0 Å². The first-order valence-electron chi connectivity index (χ1n) is 11.7. The van der Waals surface area contributed by atoms with Crippen LogP contribution in [0, 0.1) is 12.8 Å². The number of ketones is 1. The molecule has 0 aliphatic carbocycles. The summed E-state index contributed by atoms with van der Waals surface area (Å²) in [6, 6.07) is 0. The van der Waals surface area contributed by atoms with Crippen molar-refractivity contribution in [2.45, 2.75) is 68.6 Å². The summed E-state index contributed by atoms with van der Waals surface area (Å²) in [5.74, 6) is -2.66. The Kier molecular flexibility index (Phi) is 9.27. The molecule has 1 aromatic rings. The molecule has 2 aliphatic rings. The third-order valence-corrected chi connectivity index (χ3v) is 9.64. The van der Waals surface area contributed by atoms with Crippen LogP contribution in [0.15, 0.2) is 10.5 Å². The van der Waals surface area contributed by atoms with E-state index in [9.17, 15) is 24.3 Å². The fourth-order valence-corrected chi connectivity index (χ4v) is 7.38. The minimum absolute atomic E-state index is 0.0476. The summed E-state index contributed by atoms with van der Waals surface area (Å²) in [5.41, 5.74) is -2.11. The number of hydrogen-bond donors (Lipinski definition) is 1. The summed E-state index contributed by atoms with van der Waals surface area (Å²) >= 11 is 3.63. The lowest BCUT2D eigenvalue weighted by molar-refractivity contribution is -0.179. The highest BCUT2D eigenvalue weighted by atomic mass is 32.2. The van der Waals surface area contributed by atoms with Crippen LogP contribution in [0.25, 0.3) is 0 Å². The Morgan fingerprint density at radius 3 is 2.55 bits per heavy atom. The van der Waals surface area contributed by atoms with Gasteiger partial charge in [-0.25, -0.2) is 9.78 Å². The molecule has 3 rings (SSSR count). The highest BCUT2D eigenvalue weighted by Gasteiger charge is 2.62. The Balaban J connectivity index is 1.80. The van der Waals surface area contributed by atoms with Gasteiger partial charge in [0.25, 0.3) is 0 Å². The lowest BCUT2D eigenvalue weighted by Crippen LogP contribution is -2.57. The highest BCUT2D eigenvalue weighted by molar-refractivity contribution is 8.20. The van der Waals surface area contributed by atoms with Crippen molar-refractivity contribution in [3.05, 3.63) is 16.1 Å². The van der Waals surface area contributed by atoms with Gasteiger partial charge in [0, 0.05) is 17.6 Å². The van der Waals surface area contributed by atoms with Crippen LogP contribution in [0.5, 0.6) is 0 Å². The number of amides is 1. The summed E-state index contributed by atoms with van der Waals surface area (Å²) in [5, 5.41) is 15.1. The Hall–Kier alpha value is -2.10. The van der Waals surface area contributed by atoms with E-state index in [0.717, 1.165) is 11.8 Å². The largest absolute Gasteiger partial charge is 0.542 e. The van der Waals surface area contributed by atoms with E-state index < -0.39 is 44.3 Å². The fourth-order valence-electron chi connectivity index (χ4n) is 3.71. The molecule has 1 amide bonds. The highest BCUT2D eigenvalue weighted by Crippen LogP contribution is 2.55. The number of aliphatic hydroxyl groups excluding tert-OH is 1. The molecule has 2 fully saturated rings. The minimum atomic E-state index is -1.50. The maximum atomic E-state index is 13.4. The van der Waals surface area contributed by atoms with Crippen molar-refractivity contribution in [2.75, 3.05) is 18.9 Å². The van der Waals surface area contributed by atoms with Gasteiger partial charge >= 0.3 is 20.0 Å². The zero-order valence-electron chi connectivity index (χ0n) is 22.0. The van der Waals surface area contributed by atoms with Crippen molar-refractivity contribution in [2.24, 2.45) is 11.1 Å². The van der Waals surface area contributed by atoms with Crippen LogP contribution in [0.3, 0.4) is 0 Å². The molecule has 3 atom stereocenters. The van der Waals surface area contributed by atoms with Gasteiger partial charge < -0.3 is 24.2 Å². The van der Waals surface area contributed by atoms with Gasteiger partial charge in [0.1, 0.15) is 11.3 Å². The van der Waals surface area contributed by atoms with E-state index in [-0.39, 0.29) is 42.6 Å². The maximum absolute atomic E-state index is 13.4. The van der Waals surface area contributed by atoms with Crippen LogP contribution >= 0.6 is 34.9 Å². The van der Waals surface area contributed by atoms with Gasteiger partial charge in [0.15, 0.2) is 15.6 Å². The van der Waals surface area contributed by atoms with E-state index in [1.165, 1.54) is 41.8 Å². The number of aryl methyl sites for hydroxylation is 1. The number of rotatable bonds is 11. The van der Waals surface area contributed by atoms with Crippen LogP contribution in [0.2, 0.25) is 0 Å². The van der Waals surface area contributed by atoms with Gasteiger partial charge in [-0.2, -0.15) is 0 Å². The number of oxime groups is 1. The quantitative estimate of drug-likeness (QED) is 0.134. The number of ether oxygens (including phenoxy) is 1. The van der Waals surface area contributed by atoms with Gasteiger partial charge in [0.05, 0.1) is 29.5 Å². The molecule has 11 nitrogen and oxygen atoms in total. The Labute approximate surface area is 234 Å². The number of thiazole rings is 1. The van der Waals surface area contributed by atoms with Crippen LogP contribution in [0.1, 0.15) is 51.7 Å². The topological polar surface area (TPSA) is 145 Å². The number of carbonyl (C=O) groups is 4. The minimum Gasteiger partial charge on any atom is -0.542 e. The molecule has 0 unspecified atom stereocenters. The Morgan fingerprint density at radius 1 is 1.32 bits per heavy atom. The van der Waals surface area contributed by atoms with Gasteiger partial charge in [-0.15, -0.1) is 34.9 Å². The van der Waals surface area contributed by atoms with Crippen LogP contribution < -0.4 is 0 Å². The Bertz CT molecular complexity index is 1140. The molecule has 1 N–H and O–H groups in total. The molecule has 2 aliphatic heterocycles. The van der Waals surface area contributed by atoms with Crippen molar-refractivity contribution in [1.29, 1.82) is 0 Å². The summed E-state index contributed by atoms with van der Waals surface area (Å²) in [6.45, 7) is 9.77. The summed E-state index contributed by atoms with van der Waals surface area (Å²) in [4.78, 5) is 62.7. The number of fused-ring (bicyclic) bond motifs is 1. The van der Waals surface area contributed by atoms with Crippen LogP contribution in [-0.2, 0) is 33.4 Å². The van der Waals surface area contributed by atoms with Gasteiger partial charge in [0.2, 0.25) is 11.5 Å². The zero-order chi connectivity index (χ0) is 28.5. The van der Waals surface area contributed by atoms with E-state index in [2.05, 4.69) is 14.8 Å². The molecule has 2 radical (unpaired) electrons. The van der Waals surface area contributed by atoms with Crippen LogP contribution in [-0.4, -0.2) is 91.9 Å². The van der Waals surface area contributed by atoms with E-state index in [0.29, 0.717) is 5.01 Å². The van der Waals surface area contributed by atoms with E-state index >= 15 is 0 Å². The Morgan fingerprint density at radius 2 is 2.00 bits per heavy atom. The summed E-state index contributed by atoms with van der Waals surface area (Å²) in [7, 11) is 5.13. The van der Waals surface area contributed by atoms with Gasteiger partial charge in [-0.05, 0) is 41.5 Å². The molecule has 2 saturated heterocycles. The number of thioether (sulfide) groups is 2. The number of carbonyl (C=O) groups excluding carboxylic acids is 4. The number of hydrogen-bond acceptors (Lipinski definition) is 13. The smallest absolute Gasteiger partial charge is 0.378 e. The van der Waals surface area contributed by atoms with Gasteiger partial charge in [-0.1, -0.05) is 5.16 Å². The SMILES string of the molecule is [B]OC(=O)[C@@]1(SCCO)CN2C(=O)[C@@H](CC(=O)/C(=N\OC(C)(C)C(=O)OC(C)(C)C)c3csc(C)n3)[C@H]2S1. The molecule has 0 saturated carbocycles. The van der Waals surface area contributed by atoms with Crippen molar-refractivity contribution >= 4 is 72.3 Å². The molecule has 206 valence electrons. The monoisotopic (exact) mass is 583 g/mol. The summed E-state index contributed by atoms with van der Waals surface area (Å²) < 4.78 is 8.66. The number of esters is 1. The predicted octanol–water partition coefficient (Wildman–Crippen LogP) is 1.83. The lowest BCUT2D eigenvalue weighted by atomic mass is 9.90. The number of β-lactam (4-membered cyclic amide) rings is 1. The number of aliphatic hydroxyl groups is 1. The normalized spacial score (nSPS) is 23.5. The van der Waals surface area contributed by atoms with Crippen molar-refractivity contribution < 1.29 is 38.5 Å². The van der Waals surface area contributed by atoms with E-state index in [1.54, 1.807) is 33.1 Å². The number of aromatic nitrogens is 1. The fraction of sp³-hybridized carbons (Fsp3) is 0.652. The van der Waals surface area contributed by atoms with Gasteiger partial charge in [-0.3, -0.25) is 14.4 Å². The number of Topliss-reactive ketones (excluding diaryl/α,β-unsaturated/α-hetero) is 1. The van der Waals surface area contributed by atoms with Crippen LogP contribution in [0.4, 0.5) is 0 Å². The molecule has 3 heterocycles. The standard InChI is InChI=1S/C23H30BN3O8S3/c1-12-25-14(10-36-12)16(26-35-22(5,6)19(31)33-21(2,3)4)15(29)9-13-17(30)27-11-23(20(32)34-24,37-8-7-28)38-18(13)27/h10,13,18,28H,7-9,11H2,1-6H3/b26-16-/t13-,18-,23-/m1/s1. The maximum Gasteiger partial charge on any atom is 0.378 e. The second-order valence-corrected chi connectivity index (χ2v) is 14.4. The first-order chi connectivity index (χ1) is 17.6. The molecule has 0 spiro atoms. The second kappa shape index (κ2) is 11.6. The number of nitrogens with zero attached hydrogens (tertiary/aromatic N) is 3. The molecule has 38 heavy (non-hydrogen) atoms. The first-order valence-corrected chi connectivity index (χ1v) is 14.5. The third-order valence-electron chi connectivity index (χ3n) is 5.57. The van der Waals surface area contributed by atoms with E-state index in [1.807, 2.05) is 0 Å². The molecule has 0 bridgehead atoms. The molecule has 1 aromatic heterocycles. The average molecular weight is 584 g/mol. The van der Waals surface area contributed by atoms with Crippen molar-refractivity contribution in [3.63, 3.8) is 0 Å². The lowest BCUT2D eigenvalue weighted by Gasteiger charge is -2.41. The molecular weight excluding hydrogens is 553 g/mol. The first kappa shape index (κ1) is 30.4. The van der Waals surface area contributed by atoms with Crippen molar-refractivity contribution in [1.82, 2.24) is 9.88 Å². The van der Waals surface area contributed by atoms with E-state index in [4.69, 9.17) is 17.6 Å². The third kappa shape index (κ3) is 6.54. The molecule has 0 aromatic carbocycles. The zero-order valence-corrected chi connectivity index (χ0v) is 24.5.